The fraction of sp³-hybridized carbons (Fsp3) is 0.250. The highest BCUT2D eigenvalue weighted by atomic mass is 32.2. The van der Waals surface area contributed by atoms with E-state index in [1.165, 1.54) is 35.1 Å². The van der Waals surface area contributed by atoms with Gasteiger partial charge in [0.15, 0.2) is 38.7 Å². The summed E-state index contributed by atoms with van der Waals surface area (Å²) in [7, 11) is 1.51. The van der Waals surface area contributed by atoms with Gasteiger partial charge in [0.25, 0.3) is 5.91 Å². The summed E-state index contributed by atoms with van der Waals surface area (Å²) in [5.74, 6) is 0.345. The maximum atomic E-state index is 14.4. The minimum Gasteiger partial charge on any atom is -0.503 e. The van der Waals surface area contributed by atoms with Gasteiger partial charge in [0.1, 0.15) is 0 Å². The highest BCUT2D eigenvalue weighted by Crippen LogP contribution is 2.46. The number of carbonyl (C=O) groups excluding carboxylic acids is 2. The average molecular weight is 736 g/mol. The number of nitrogens with zero attached hydrogens (tertiary/aromatic N) is 3. The molecule has 0 radical (unpaired) electrons. The van der Waals surface area contributed by atoms with Gasteiger partial charge in [-0.15, -0.1) is 10.2 Å². The monoisotopic (exact) mass is 735 g/mol. The van der Waals surface area contributed by atoms with Crippen molar-refractivity contribution in [3.05, 3.63) is 113 Å². The Hall–Kier alpha value is -5.33. The number of furan rings is 1. The molecule has 1 unspecified atom stereocenters. The van der Waals surface area contributed by atoms with E-state index in [9.17, 15) is 14.7 Å². The molecule has 10 nitrogen and oxygen atoms in total. The number of benzene rings is 4. The summed E-state index contributed by atoms with van der Waals surface area (Å²) < 4.78 is 24.1. The molecule has 1 aliphatic heterocycles. The number of rotatable bonds is 14. The van der Waals surface area contributed by atoms with E-state index in [1.807, 2.05) is 25.1 Å². The lowest BCUT2D eigenvalue weighted by molar-refractivity contribution is -0.117. The first-order chi connectivity index (χ1) is 25.3. The second-order valence-electron chi connectivity index (χ2n) is 12.6. The number of anilines is 1. The van der Waals surface area contributed by atoms with Crippen LogP contribution in [-0.2, 0) is 10.5 Å². The molecule has 0 saturated heterocycles. The molecule has 4 aromatic carbocycles. The summed E-state index contributed by atoms with van der Waals surface area (Å²) >= 11 is 2.71. The standard InChI is InChI=1S/C40H37N3O7S2/c1-5-48-31-20-25(16-17-29(31)49-19-18-23(2)3)34-33(35(44)32-21-26-12-9-15-30(47-4)37(26)50-32)36(45)38(46)43(34)39-41-42-40(52-39)51-22-27-13-8-11-24-10-6-7-14-28(24)27/h6-17,20-21,23,34,45H,5,18-19,22H2,1-4H3. The van der Waals surface area contributed by atoms with Crippen molar-refractivity contribution in [2.45, 2.75) is 43.3 Å². The number of para-hydroxylation sites is 1. The minimum atomic E-state index is -1.08. The number of carbonyl (C=O) groups is 2. The predicted molar refractivity (Wildman–Crippen MR) is 203 cm³/mol. The third-order valence-electron chi connectivity index (χ3n) is 8.77. The number of aromatic nitrogens is 2. The van der Waals surface area contributed by atoms with Crippen LogP contribution in [0.25, 0.3) is 21.7 Å². The summed E-state index contributed by atoms with van der Waals surface area (Å²) in [6.07, 6.45) is 0.855. The van der Waals surface area contributed by atoms with Gasteiger partial charge in [-0.2, -0.15) is 0 Å². The van der Waals surface area contributed by atoms with Crippen LogP contribution in [0, 0.1) is 5.92 Å². The zero-order valence-electron chi connectivity index (χ0n) is 29.1. The Labute approximate surface area is 309 Å². The van der Waals surface area contributed by atoms with Gasteiger partial charge in [0.05, 0.1) is 31.9 Å². The summed E-state index contributed by atoms with van der Waals surface area (Å²) in [4.78, 5) is 29.7. The van der Waals surface area contributed by atoms with E-state index in [0.29, 0.717) is 63.0 Å². The molecule has 0 fully saturated rings. The van der Waals surface area contributed by atoms with Crippen LogP contribution in [0.3, 0.4) is 0 Å². The molecule has 3 heterocycles. The Kier molecular flexibility index (Phi) is 10.2. The van der Waals surface area contributed by atoms with Crippen molar-refractivity contribution in [1.29, 1.82) is 0 Å². The summed E-state index contributed by atoms with van der Waals surface area (Å²) in [5, 5.41) is 23.4. The number of hydrogen-bond acceptors (Lipinski definition) is 11. The van der Waals surface area contributed by atoms with Crippen LogP contribution in [0.5, 0.6) is 17.2 Å². The molecule has 2 aromatic heterocycles. The molecule has 12 heteroatoms. The van der Waals surface area contributed by atoms with Crippen molar-refractivity contribution < 1.29 is 33.3 Å². The molecule has 1 atom stereocenters. The van der Waals surface area contributed by atoms with E-state index in [2.05, 4.69) is 48.3 Å². The number of aliphatic hydroxyl groups excluding tert-OH is 1. The zero-order valence-corrected chi connectivity index (χ0v) is 30.8. The first kappa shape index (κ1) is 35.1. The second-order valence-corrected chi connectivity index (χ2v) is 14.8. The zero-order chi connectivity index (χ0) is 36.4. The molecule has 1 aliphatic rings. The lowest BCUT2D eigenvalue weighted by atomic mass is 9.95. The fourth-order valence-corrected chi connectivity index (χ4v) is 8.07. The SMILES string of the molecule is CCOc1cc(C2C(C(=O)c3cc4cccc(OC)c4o3)=C(O)C(=O)N2c2nnc(SCc3cccc4ccccc34)s2)ccc1OCCC(C)C. The average Bonchev–Trinajstić information content (AvgIpc) is 3.87. The van der Waals surface area contributed by atoms with Gasteiger partial charge in [-0.1, -0.05) is 97.6 Å². The Balaban J connectivity index is 1.26. The van der Waals surface area contributed by atoms with Crippen molar-refractivity contribution >= 4 is 61.7 Å². The maximum Gasteiger partial charge on any atom is 0.296 e. The lowest BCUT2D eigenvalue weighted by Crippen LogP contribution is -2.31. The van der Waals surface area contributed by atoms with Crippen LogP contribution < -0.4 is 19.1 Å². The Bertz CT molecular complexity index is 2310. The summed E-state index contributed by atoms with van der Waals surface area (Å²) in [6, 6.07) is 25.5. The number of amides is 1. The molecule has 6 aromatic rings. The van der Waals surface area contributed by atoms with Crippen LogP contribution >= 0.6 is 23.1 Å². The molecule has 0 saturated carbocycles. The van der Waals surface area contributed by atoms with Crippen molar-refractivity contribution in [3.8, 4) is 17.2 Å². The van der Waals surface area contributed by atoms with Gasteiger partial charge in [0, 0.05) is 11.1 Å². The normalized spacial score (nSPS) is 14.6. The third-order valence-corrected chi connectivity index (χ3v) is 10.9. The molecule has 0 bridgehead atoms. The van der Waals surface area contributed by atoms with Crippen LogP contribution in [0.4, 0.5) is 5.13 Å². The second kappa shape index (κ2) is 15.1. The van der Waals surface area contributed by atoms with Gasteiger partial charge < -0.3 is 23.7 Å². The highest BCUT2D eigenvalue weighted by molar-refractivity contribution is 8.00. The number of Topliss-reactive ketones (excluding diaryl/α,β-unsaturated/α-hetero) is 1. The number of methoxy groups -OCH3 is 1. The van der Waals surface area contributed by atoms with Crippen LogP contribution in [0.15, 0.2) is 105 Å². The number of aliphatic hydroxyl groups is 1. The number of fused-ring (bicyclic) bond motifs is 2. The number of hydrogen-bond donors (Lipinski definition) is 1. The van der Waals surface area contributed by atoms with Crippen LogP contribution in [-0.4, -0.2) is 47.3 Å². The summed E-state index contributed by atoms with van der Waals surface area (Å²) in [5.41, 5.74) is 1.88. The highest BCUT2D eigenvalue weighted by Gasteiger charge is 2.47. The topological polar surface area (TPSA) is 124 Å². The maximum absolute atomic E-state index is 14.4. The first-order valence-corrected chi connectivity index (χ1v) is 18.8. The van der Waals surface area contributed by atoms with E-state index in [-0.39, 0.29) is 16.5 Å². The number of thioether (sulfide) groups is 1. The Morgan fingerprint density at radius 1 is 0.962 bits per heavy atom. The molecule has 266 valence electrons. The van der Waals surface area contributed by atoms with Gasteiger partial charge in [-0.05, 0) is 65.4 Å². The van der Waals surface area contributed by atoms with E-state index < -0.39 is 23.5 Å². The molecule has 0 aliphatic carbocycles. The number of ether oxygens (including phenoxy) is 3. The smallest absolute Gasteiger partial charge is 0.296 e. The van der Waals surface area contributed by atoms with Gasteiger partial charge >= 0.3 is 0 Å². The quantitative estimate of drug-likeness (QED) is 0.0657. The minimum absolute atomic E-state index is 0.0528. The first-order valence-electron chi connectivity index (χ1n) is 17.0. The van der Waals surface area contributed by atoms with Crippen molar-refractivity contribution in [3.63, 3.8) is 0 Å². The van der Waals surface area contributed by atoms with Crippen molar-refractivity contribution in [1.82, 2.24) is 10.2 Å². The summed E-state index contributed by atoms with van der Waals surface area (Å²) in [6.45, 7) is 6.97. The van der Waals surface area contributed by atoms with Gasteiger partial charge in [-0.3, -0.25) is 14.5 Å². The van der Waals surface area contributed by atoms with Crippen LogP contribution in [0.2, 0.25) is 0 Å². The predicted octanol–water partition coefficient (Wildman–Crippen LogP) is 9.34. The van der Waals surface area contributed by atoms with E-state index in [0.717, 1.165) is 22.8 Å². The van der Waals surface area contributed by atoms with Gasteiger partial charge in [0.2, 0.25) is 10.9 Å². The van der Waals surface area contributed by atoms with E-state index in [4.69, 9.17) is 18.6 Å². The molecule has 0 spiro atoms. The van der Waals surface area contributed by atoms with Gasteiger partial charge in [-0.25, -0.2) is 0 Å². The molecular formula is C40H37N3O7S2. The Morgan fingerprint density at radius 3 is 2.56 bits per heavy atom. The van der Waals surface area contributed by atoms with E-state index >= 15 is 0 Å². The fourth-order valence-electron chi connectivity index (χ4n) is 6.19. The molecular weight excluding hydrogens is 699 g/mol. The third kappa shape index (κ3) is 6.83. The van der Waals surface area contributed by atoms with Crippen molar-refractivity contribution in [2.75, 3.05) is 25.2 Å². The number of ketones is 1. The molecule has 1 N–H and O–H groups in total. The van der Waals surface area contributed by atoms with Crippen LogP contribution in [0.1, 0.15) is 54.9 Å². The molecule has 7 rings (SSSR count). The van der Waals surface area contributed by atoms with Crippen molar-refractivity contribution in [2.24, 2.45) is 5.92 Å². The largest absolute Gasteiger partial charge is 0.503 e. The Morgan fingerprint density at radius 2 is 1.75 bits per heavy atom. The molecule has 1 amide bonds. The van der Waals surface area contributed by atoms with E-state index in [1.54, 1.807) is 42.5 Å². The molecule has 52 heavy (non-hydrogen) atoms. The lowest BCUT2D eigenvalue weighted by Gasteiger charge is -2.25.